The molecular formula is C20H14N2S2. The molecule has 4 heteroatoms. The number of hydrogen-bond donors (Lipinski definition) is 0. The van der Waals surface area contributed by atoms with E-state index in [9.17, 15) is 0 Å². The molecule has 4 rings (SSSR count). The first-order chi connectivity index (χ1) is 11.9. The molecule has 0 atom stereocenters. The predicted molar refractivity (Wildman–Crippen MR) is 104 cm³/mol. The fraction of sp³-hybridized carbons (Fsp3) is 0. The normalized spacial score (nSPS) is 11.5. The second kappa shape index (κ2) is 7.07. The number of benzene rings is 2. The quantitative estimate of drug-likeness (QED) is 0.415. The van der Waals surface area contributed by atoms with E-state index >= 15 is 0 Å². The molecule has 0 unspecified atom stereocenters. The minimum Gasteiger partial charge on any atom is -0.241 e. The number of pyridine rings is 2. The van der Waals surface area contributed by atoms with Crippen LogP contribution in [0.2, 0.25) is 0 Å². The third kappa shape index (κ3) is 3.45. The Morgan fingerprint density at radius 3 is 1.50 bits per heavy atom. The highest BCUT2D eigenvalue weighted by Gasteiger charge is 1.98. The maximum absolute atomic E-state index is 4.65. The monoisotopic (exact) mass is 346 g/mol. The molecule has 116 valence electrons. The van der Waals surface area contributed by atoms with Crippen molar-refractivity contribution in [2.24, 2.45) is 0 Å². The lowest BCUT2D eigenvalue weighted by Crippen LogP contribution is -1.81. The van der Waals surface area contributed by atoms with Gasteiger partial charge < -0.3 is 0 Å². The van der Waals surface area contributed by atoms with Crippen LogP contribution in [0.1, 0.15) is 0 Å². The molecule has 0 amide bonds. The Morgan fingerprint density at radius 1 is 0.542 bits per heavy atom. The third-order valence-corrected chi connectivity index (χ3v) is 5.23. The summed E-state index contributed by atoms with van der Waals surface area (Å²) in [4.78, 5) is 9.30. The van der Waals surface area contributed by atoms with Crippen LogP contribution in [0.5, 0.6) is 0 Å². The molecule has 0 aliphatic heterocycles. The van der Waals surface area contributed by atoms with Gasteiger partial charge in [0.15, 0.2) is 0 Å². The number of thioether (sulfide) groups is 2. The summed E-state index contributed by atoms with van der Waals surface area (Å²) in [6.07, 6.45) is 0. The van der Waals surface area contributed by atoms with Gasteiger partial charge in [0, 0.05) is 10.8 Å². The summed E-state index contributed by atoms with van der Waals surface area (Å²) in [7, 11) is 0. The SMILES string of the molecule is C(=CSc1ccc2ccccc2n1)Sc1ccc2ccccc2n1. The first kappa shape index (κ1) is 15.2. The zero-order valence-corrected chi connectivity index (χ0v) is 14.4. The predicted octanol–water partition coefficient (Wildman–Crippen LogP) is 6.14. The number of aromatic nitrogens is 2. The second-order valence-corrected chi connectivity index (χ2v) is 7.04. The Hall–Kier alpha value is -2.30. The van der Waals surface area contributed by atoms with E-state index in [4.69, 9.17) is 0 Å². The molecular weight excluding hydrogens is 332 g/mol. The van der Waals surface area contributed by atoms with Gasteiger partial charge in [0.05, 0.1) is 11.0 Å². The van der Waals surface area contributed by atoms with Crippen LogP contribution < -0.4 is 0 Å². The molecule has 0 N–H and O–H groups in total. The van der Waals surface area contributed by atoms with E-state index in [2.05, 4.69) is 57.2 Å². The smallest absolute Gasteiger partial charge is 0.101 e. The van der Waals surface area contributed by atoms with Gasteiger partial charge in [0.2, 0.25) is 0 Å². The van der Waals surface area contributed by atoms with Gasteiger partial charge in [-0.05, 0) is 35.1 Å². The van der Waals surface area contributed by atoms with Crippen molar-refractivity contribution in [3.8, 4) is 0 Å². The zero-order valence-electron chi connectivity index (χ0n) is 12.8. The standard InChI is InChI=1S/C20H14N2S2/c1-3-7-17-15(5-1)9-11-19(21-17)23-13-14-24-20-12-10-16-6-2-4-8-18(16)22-20/h1-14H. The Bertz CT molecular complexity index is 945. The van der Waals surface area contributed by atoms with Crippen LogP contribution in [-0.2, 0) is 0 Å². The van der Waals surface area contributed by atoms with Gasteiger partial charge in [0.25, 0.3) is 0 Å². The van der Waals surface area contributed by atoms with E-state index in [1.54, 1.807) is 23.5 Å². The molecule has 2 heterocycles. The maximum atomic E-state index is 4.65. The highest BCUT2D eigenvalue weighted by atomic mass is 32.2. The molecule has 4 aromatic rings. The first-order valence-corrected chi connectivity index (χ1v) is 9.34. The van der Waals surface area contributed by atoms with Crippen molar-refractivity contribution < 1.29 is 0 Å². The number of hydrogen-bond acceptors (Lipinski definition) is 4. The van der Waals surface area contributed by atoms with Crippen LogP contribution in [0.4, 0.5) is 0 Å². The summed E-state index contributed by atoms with van der Waals surface area (Å²) in [6.45, 7) is 0. The first-order valence-electron chi connectivity index (χ1n) is 7.58. The molecule has 0 saturated heterocycles. The average molecular weight is 346 g/mol. The van der Waals surface area contributed by atoms with E-state index in [0.29, 0.717) is 0 Å². The minimum absolute atomic E-state index is 0.997. The molecule has 0 bridgehead atoms. The number of nitrogens with zero attached hydrogens (tertiary/aromatic N) is 2. The molecule has 2 aromatic heterocycles. The van der Waals surface area contributed by atoms with Crippen molar-refractivity contribution >= 4 is 45.3 Å². The van der Waals surface area contributed by atoms with Gasteiger partial charge in [-0.1, -0.05) is 72.1 Å². The van der Waals surface area contributed by atoms with Gasteiger partial charge in [-0.2, -0.15) is 0 Å². The van der Waals surface area contributed by atoms with Gasteiger partial charge in [-0.3, -0.25) is 0 Å². The van der Waals surface area contributed by atoms with Gasteiger partial charge in [-0.15, -0.1) is 0 Å². The molecule has 0 aliphatic carbocycles. The Labute approximate surface area is 149 Å². The van der Waals surface area contributed by atoms with Gasteiger partial charge >= 0.3 is 0 Å². The summed E-state index contributed by atoms with van der Waals surface area (Å²) in [5.41, 5.74) is 2.06. The van der Waals surface area contributed by atoms with Crippen molar-refractivity contribution in [1.29, 1.82) is 0 Å². The molecule has 0 spiro atoms. The molecule has 0 radical (unpaired) electrons. The van der Waals surface area contributed by atoms with Crippen LogP contribution in [0, 0.1) is 0 Å². The van der Waals surface area contributed by atoms with Crippen molar-refractivity contribution in [2.75, 3.05) is 0 Å². The number of rotatable bonds is 4. The Kier molecular flexibility index (Phi) is 4.49. The van der Waals surface area contributed by atoms with Crippen molar-refractivity contribution in [2.45, 2.75) is 10.1 Å². The van der Waals surface area contributed by atoms with Crippen LogP contribution in [-0.4, -0.2) is 9.97 Å². The molecule has 2 nitrogen and oxygen atoms in total. The van der Waals surface area contributed by atoms with Gasteiger partial charge in [0.1, 0.15) is 10.1 Å². The van der Waals surface area contributed by atoms with E-state index in [0.717, 1.165) is 21.1 Å². The number of para-hydroxylation sites is 2. The minimum atomic E-state index is 0.997. The average Bonchev–Trinajstić information content (AvgIpc) is 2.65. The lowest BCUT2D eigenvalue weighted by Gasteiger charge is -2.00. The highest BCUT2D eigenvalue weighted by molar-refractivity contribution is 8.05. The topological polar surface area (TPSA) is 25.8 Å². The largest absolute Gasteiger partial charge is 0.241 e. The molecule has 0 aliphatic rings. The molecule has 0 saturated carbocycles. The van der Waals surface area contributed by atoms with E-state index in [-0.39, 0.29) is 0 Å². The molecule has 0 fully saturated rings. The van der Waals surface area contributed by atoms with Gasteiger partial charge in [-0.25, -0.2) is 9.97 Å². The highest BCUT2D eigenvalue weighted by Crippen LogP contribution is 2.25. The maximum Gasteiger partial charge on any atom is 0.101 e. The fourth-order valence-electron chi connectivity index (χ4n) is 2.42. The van der Waals surface area contributed by atoms with Crippen LogP contribution in [0.25, 0.3) is 21.8 Å². The van der Waals surface area contributed by atoms with Crippen LogP contribution >= 0.6 is 23.5 Å². The van der Waals surface area contributed by atoms with Crippen molar-refractivity contribution in [3.05, 3.63) is 83.6 Å². The summed E-state index contributed by atoms with van der Waals surface area (Å²) >= 11 is 3.24. The van der Waals surface area contributed by atoms with Crippen molar-refractivity contribution in [3.63, 3.8) is 0 Å². The molecule has 24 heavy (non-hydrogen) atoms. The zero-order chi connectivity index (χ0) is 16.2. The number of fused-ring (bicyclic) bond motifs is 2. The third-order valence-electron chi connectivity index (χ3n) is 3.58. The van der Waals surface area contributed by atoms with Crippen LogP contribution in [0.3, 0.4) is 0 Å². The second-order valence-electron chi connectivity index (χ2n) is 5.19. The van der Waals surface area contributed by atoms with E-state index in [1.807, 2.05) is 36.4 Å². The summed E-state index contributed by atoms with van der Waals surface area (Å²) < 4.78 is 0. The van der Waals surface area contributed by atoms with E-state index in [1.165, 1.54) is 10.8 Å². The Balaban J connectivity index is 1.44. The van der Waals surface area contributed by atoms with E-state index < -0.39 is 0 Å². The summed E-state index contributed by atoms with van der Waals surface area (Å²) in [6, 6.07) is 24.6. The fourth-order valence-corrected chi connectivity index (χ4v) is 3.74. The lowest BCUT2D eigenvalue weighted by molar-refractivity contribution is 1.19. The molecule has 2 aromatic carbocycles. The van der Waals surface area contributed by atoms with Crippen LogP contribution in [0.15, 0.2) is 93.7 Å². The lowest BCUT2D eigenvalue weighted by atomic mass is 10.2. The van der Waals surface area contributed by atoms with Crippen molar-refractivity contribution in [1.82, 2.24) is 9.97 Å². The summed E-state index contributed by atoms with van der Waals surface area (Å²) in [5, 5.41) is 8.44. The summed E-state index contributed by atoms with van der Waals surface area (Å²) in [5.74, 6) is 0. The Morgan fingerprint density at radius 2 is 1.00 bits per heavy atom.